The highest BCUT2D eigenvalue weighted by Crippen LogP contribution is 2.31. The van der Waals surface area contributed by atoms with Gasteiger partial charge < -0.3 is 20.1 Å². The predicted molar refractivity (Wildman–Crippen MR) is 103 cm³/mol. The highest BCUT2D eigenvalue weighted by Gasteiger charge is 2.22. The van der Waals surface area contributed by atoms with Crippen molar-refractivity contribution in [3.63, 3.8) is 0 Å². The number of fused-ring (bicyclic) bond motifs is 1. The number of guanidine groups is 1. The van der Waals surface area contributed by atoms with Gasteiger partial charge in [-0.3, -0.25) is 4.99 Å². The number of para-hydroxylation sites is 1. The van der Waals surface area contributed by atoms with Crippen LogP contribution in [0.4, 0.5) is 0 Å². The first kappa shape index (κ1) is 18.3. The first-order valence-corrected chi connectivity index (χ1v) is 8.13. The van der Waals surface area contributed by atoms with E-state index in [1.165, 1.54) is 18.4 Å². The molecule has 0 saturated heterocycles. The van der Waals surface area contributed by atoms with E-state index in [2.05, 4.69) is 21.7 Å². The zero-order chi connectivity index (χ0) is 15.2. The number of hydrogen-bond donors (Lipinski definition) is 2. The molecule has 0 amide bonds. The van der Waals surface area contributed by atoms with Gasteiger partial charge in [-0.25, -0.2) is 0 Å². The Hall–Kier alpha value is -1.02. The summed E-state index contributed by atoms with van der Waals surface area (Å²) < 4.78 is 11.3. The normalized spacial score (nSPS) is 20.0. The quantitative estimate of drug-likeness (QED) is 0.315. The molecule has 23 heavy (non-hydrogen) atoms. The number of aliphatic imine (C=N–C) groups is 1. The van der Waals surface area contributed by atoms with Gasteiger partial charge in [0.2, 0.25) is 0 Å². The summed E-state index contributed by atoms with van der Waals surface area (Å²) in [5.41, 5.74) is 1.20. The van der Waals surface area contributed by atoms with Crippen LogP contribution in [0, 0.1) is 5.92 Å². The van der Waals surface area contributed by atoms with Gasteiger partial charge in [-0.1, -0.05) is 18.2 Å². The van der Waals surface area contributed by atoms with Crippen LogP contribution >= 0.6 is 24.0 Å². The van der Waals surface area contributed by atoms with Gasteiger partial charge in [0.1, 0.15) is 5.75 Å². The van der Waals surface area contributed by atoms with Crippen LogP contribution in [-0.4, -0.2) is 39.4 Å². The molecular formula is C17H26IN3O2. The molecule has 1 unspecified atom stereocenters. The molecule has 1 aromatic carbocycles. The third-order valence-electron chi connectivity index (χ3n) is 4.08. The van der Waals surface area contributed by atoms with E-state index in [1.807, 2.05) is 18.2 Å². The molecule has 0 bridgehead atoms. The highest BCUT2D eigenvalue weighted by molar-refractivity contribution is 14.0. The van der Waals surface area contributed by atoms with Gasteiger partial charge in [0, 0.05) is 32.2 Å². The van der Waals surface area contributed by atoms with Crippen molar-refractivity contribution in [1.82, 2.24) is 10.6 Å². The molecule has 0 aromatic heterocycles. The van der Waals surface area contributed by atoms with Crippen molar-refractivity contribution in [2.75, 3.05) is 33.4 Å². The van der Waals surface area contributed by atoms with Crippen LogP contribution in [0.5, 0.6) is 5.75 Å². The number of nitrogens with zero attached hydrogens (tertiary/aromatic N) is 1. The van der Waals surface area contributed by atoms with Crippen molar-refractivity contribution in [3.8, 4) is 5.75 Å². The first-order valence-electron chi connectivity index (χ1n) is 8.13. The first-order chi connectivity index (χ1) is 10.9. The van der Waals surface area contributed by atoms with Gasteiger partial charge in [0.05, 0.1) is 19.3 Å². The van der Waals surface area contributed by atoms with Crippen LogP contribution < -0.4 is 15.4 Å². The lowest BCUT2D eigenvalue weighted by atomic mass is 10.0. The summed E-state index contributed by atoms with van der Waals surface area (Å²) in [6, 6.07) is 8.42. The Bertz CT molecular complexity index is 520. The van der Waals surface area contributed by atoms with E-state index < -0.39 is 0 Å². The number of rotatable bonds is 6. The van der Waals surface area contributed by atoms with Gasteiger partial charge in [-0.2, -0.15) is 0 Å². The molecule has 1 saturated carbocycles. The van der Waals surface area contributed by atoms with E-state index in [9.17, 15) is 0 Å². The van der Waals surface area contributed by atoms with E-state index in [1.54, 1.807) is 7.05 Å². The van der Waals surface area contributed by atoms with Crippen LogP contribution in [0.2, 0.25) is 0 Å². The summed E-state index contributed by atoms with van der Waals surface area (Å²) in [6.07, 6.45) is 3.61. The Morgan fingerprint density at radius 1 is 1.30 bits per heavy atom. The second kappa shape index (κ2) is 9.32. The van der Waals surface area contributed by atoms with E-state index in [4.69, 9.17) is 9.47 Å². The van der Waals surface area contributed by atoms with Gasteiger partial charge in [-0.05, 0) is 24.8 Å². The monoisotopic (exact) mass is 431 g/mol. The Morgan fingerprint density at radius 3 is 2.91 bits per heavy atom. The predicted octanol–water partition coefficient (Wildman–Crippen LogP) is 2.72. The molecule has 2 aliphatic rings. The number of hydrogen-bond acceptors (Lipinski definition) is 3. The maximum atomic E-state index is 5.69. The van der Waals surface area contributed by atoms with Gasteiger partial charge >= 0.3 is 0 Å². The molecule has 1 aromatic rings. The van der Waals surface area contributed by atoms with Crippen molar-refractivity contribution in [1.29, 1.82) is 0 Å². The smallest absolute Gasteiger partial charge is 0.191 e. The van der Waals surface area contributed by atoms with Crippen molar-refractivity contribution in [2.45, 2.75) is 25.3 Å². The second-order valence-corrected chi connectivity index (χ2v) is 5.89. The van der Waals surface area contributed by atoms with Crippen LogP contribution in [0.25, 0.3) is 0 Å². The van der Waals surface area contributed by atoms with E-state index in [0.717, 1.165) is 50.4 Å². The molecular weight excluding hydrogens is 405 g/mol. The minimum Gasteiger partial charge on any atom is -0.493 e. The van der Waals surface area contributed by atoms with Gasteiger partial charge in [0.25, 0.3) is 0 Å². The number of ether oxygens (including phenoxy) is 2. The van der Waals surface area contributed by atoms with Crippen LogP contribution in [-0.2, 0) is 4.74 Å². The molecule has 2 N–H and O–H groups in total. The molecule has 0 spiro atoms. The molecule has 1 fully saturated rings. The fraction of sp³-hybridized carbons (Fsp3) is 0.588. The van der Waals surface area contributed by atoms with Crippen LogP contribution in [0.3, 0.4) is 0 Å². The van der Waals surface area contributed by atoms with E-state index in [0.29, 0.717) is 0 Å². The number of nitrogens with one attached hydrogen (secondary N) is 2. The minimum atomic E-state index is 0. The summed E-state index contributed by atoms with van der Waals surface area (Å²) in [6.45, 7) is 3.13. The zero-order valence-electron chi connectivity index (χ0n) is 13.6. The highest BCUT2D eigenvalue weighted by atomic mass is 127. The van der Waals surface area contributed by atoms with E-state index >= 15 is 0 Å². The Labute approximate surface area is 155 Å². The van der Waals surface area contributed by atoms with Crippen molar-refractivity contribution < 1.29 is 9.47 Å². The number of halogens is 1. The van der Waals surface area contributed by atoms with E-state index in [-0.39, 0.29) is 30.0 Å². The average molecular weight is 431 g/mol. The maximum Gasteiger partial charge on any atom is 0.191 e. The van der Waals surface area contributed by atoms with Crippen LogP contribution in [0.15, 0.2) is 29.3 Å². The molecule has 0 radical (unpaired) electrons. The fourth-order valence-electron chi connectivity index (χ4n) is 2.63. The summed E-state index contributed by atoms with van der Waals surface area (Å²) in [5, 5.41) is 6.79. The van der Waals surface area contributed by atoms with Crippen molar-refractivity contribution in [3.05, 3.63) is 29.8 Å². The largest absolute Gasteiger partial charge is 0.493 e. The third-order valence-corrected chi connectivity index (χ3v) is 4.08. The SMILES string of the molecule is CN=C(NCCOCC1CC1)NC1CCOc2ccccc21.I. The molecule has 6 heteroatoms. The van der Waals surface area contributed by atoms with Crippen molar-refractivity contribution >= 4 is 29.9 Å². The van der Waals surface area contributed by atoms with Gasteiger partial charge in [-0.15, -0.1) is 24.0 Å². The Kier molecular flexibility index (Phi) is 7.42. The fourth-order valence-corrected chi connectivity index (χ4v) is 2.63. The lowest BCUT2D eigenvalue weighted by Crippen LogP contribution is -2.42. The number of benzene rings is 1. The average Bonchev–Trinajstić information content (AvgIpc) is 3.38. The molecule has 3 rings (SSSR count). The summed E-state index contributed by atoms with van der Waals surface area (Å²) >= 11 is 0. The maximum absolute atomic E-state index is 5.69. The standard InChI is InChI=1S/C17H25N3O2.HI/c1-18-17(19-9-11-21-12-13-6-7-13)20-15-8-10-22-16-5-3-2-4-14(15)16;/h2-5,13,15H,6-12H2,1H3,(H2,18,19,20);1H. The second-order valence-electron chi connectivity index (χ2n) is 5.89. The zero-order valence-corrected chi connectivity index (χ0v) is 15.9. The Balaban J connectivity index is 0.00000192. The minimum absolute atomic E-state index is 0. The van der Waals surface area contributed by atoms with Crippen LogP contribution in [0.1, 0.15) is 30.9 Å². The Morgan fingerprint density at radius 2 is 2.13 bits per heavy atom. The topological polar surface area (TPSA) is 54.9 Å². The third kappa shape index (κ3) is 5.53. The molecule has 1 atom stereocenters. The summed E-state index contributed by atoms with van der Waals surface area (Å²) in [5.74, 6) is 2.60. The molecule has 128 valence electrons. The molecule has 5 nitrogen and oxygen atoms in total. The molecule has 1 heterocycles. The van der Waals surface area contributed by atoms with Crippen molar-refractivity contribution in [2.24, 2.45) is 10.9 Å². The summed E-state index contributed by atoms with van der Waals surface area (Å²) in [7, 11) is 1.80. The molecule has 1 aliphatic carbocycles. The molecule has 1 aliphatic heterocycles. The lowest BCUT2D eigenvalue weighted by Gasteiger charge is -2.28. The summed E-state index contributed by atoms with van der Waals surface area (Å²) in [4.78, 5) is 4.30. The lowest BCUT2D eigenvalue weighted by molar-refractivity contribution is 0.129. The van der Waals surface area contributed by atoms with Gasteiger partial charge in [0.15, 0.2) is 5.96 Å².